The molecule has 2 aliphatic rings. The number of nitrogens with zero attached hydrogens (tertiary/aromatic N) is 4. The van der Waals surface area contributed by atoms with Gasteiger partial charge in [0.15, 0.2) is 0 Å². The molecule has 2 aromatic carbocycles. The minimum Gasteiger partial charge on any atom is -0.497 e. The van der Waals surface area contributed by atoms with Gasteiger partial charge in [0.1, 0.15) is 17.9 Å². The third kappa shape index (κ3) is 3.79. The van der Waals surface area contributed by atoms with Gasteiger partial charge in [0.2, 0.25) is 5.95 Å². The van der Waals surface area contributed by atoms with Crippen LogP contribution >= 0.6 is 0 Å². The largest absolute Gasteiger partial charge is 0.497 e. The number of benzene rings is 2. The van der Waals surface area contributed by atoms with Crippen LogP contribution in [0.15, 0.2) is 48.8 Å². The Morgan fingerprint density at radius 2 is 1.97 bits per heavy atom. The van der Waals surface area contributed by atoms with Gasteiger partial charge in [-0.1, -0.05) is 6.07 Å². The molecule has 1 aliphatic carbocycles. The summed E-state index contributed by atoms with van der Waals surface area (Å²) in [4.78, 5) is 36.2. The Morgan fingerprint density at radius 1 is 1.21 bits per heavy atom. The average Bonchev–Trinajstić information content (AvgIpc) is 3.58. The van der Waals surface area contributed by atoms with E-state index in [1.807, 2.05) is 23.1 Å². The second-order valence-electron chi connectivity index (χ2n) is 8.90. The number of ether oxygens (including phenoxy) is 1. The zero-order valence-electron chi connectivity index (χ0n) is 19.1. The van der Waals surface area contributed by atoms with Crippen molar-refractivity contribution in [3.05, 3.63) is 65.7 Å². The number of carbonyl (C=O) groups excluding carboxylic acids is 2. The zero-order chi connectivity index (χ0) is 23.9. The van der Waals surface area contributed by atoms with E-state index in [2.05, 4.69) is 9.97 Å². The third-order valence-electron chi connectivity index (χ3n) is 6.71. The van der Waals surface area contributed by atoms with Crippen molar-refractivity contribution in [2.75, 3.05) is 32.1 Å². The minimum absolute atomic E-state index is 0.0707. The molecule has 2 heterocycles. The Labute approximate surface area is 197 Å². The number of hydrogen-bond donors (Lipinski definition) is 0. The van der Waals surface area contributed by atoms with Crippen molar-refractivity contribution in [3.8, 4) is 16.9 Å². The van der Waals surface area contributed by atoms with Crippen molar-refractivity contribution >= 4 is 23.8 Å². The van der Waals surface area contributed by atoms with Crippen LogP contribution in [0, 0.1) is 5.82 Å². The number of amides is 1. The van der Waals surface area contributed by atoms with Crippen molar-refractivity contribution in [2.45, 2.75) is 24.7 Å². The van der Waals surface area contributed by atoms with Gasteiger partial charge in [-0.2, -0.15) is 0 Å². The van der Waals surface area contributed by atoms with Crippen LogP contribution in [0.1, 0.15) is 35.2 Å². The van der Waals surface area contributed by atoms with E-state index in [1.165, 1.54) is 18.7 Å². The fourth-order valence-electron chi connectivity index (χ4n) is 4.59. The SMILES string of the molecule is COc1ccc(F)c(-c2cnc(N3CC4(CC4)c4ccc(C(=O)N(C)CCC=O)cc43)nc2)c1. The maximum atomic E-state index is 14.4. The number of fused-ring (bicyclic) bond motifs is 2. The average molecular weight is 461 g/mol. The molecule has 0 unspecified atom stereocenters. The van der Waals surface area contributed by atoms with Gasteiger partial charge in [-0.15, -0.1) is 0 Å². The van der Waals surface area contributed by atoms with E-state index in [1.54, 1.807) is 36.5 Å². The highest BCUT2D eigenvalue weighted by Gasteiger charge is 2.52. The van der Waals surface area contributed by atoms with Crippen molar-refractivity contribution in [1.82, 2.24) is 14.9 Å². The molecule has 8 heteroatoms. The van der Waals surface area contributed by atoms with Crippen molar-refractivity contribution in [1.29, 1.82) is 0 Å². The first-order valence-corrected chi connectivity index (χ1v) is 11.2. The summed E-state index contributed by atoms with van der Waals surface area (Å²) >= 11 is 0. The highest BCUT2D eigenvalue weighted by Crippen LogP contribution is 2.57. The molecule has 3 aromatic rings. The summed E-state index contributed by atoms with van der Waals surface area (Å²) in [6, 6.07) is 10.3. The molecule has 1 fully saturated rings. The molecule has 1 aromatic heterocycles. The first kappa shape index (κ1) is 22.0. The number of methoxy groups -OCH3 is 1. The van der Waals surface area contributed by atoms with E-state index in [0.29, 0.717) is 41.4 Å². The van der Waals surface area contributed by atoms with Crippen LogP contribution in [0.2, 0.25) is 0 Å². The summed E-state index contributed by atoms with van der Waals surface area (Å²) in [6.07, 6.45) is 6.49. The monoisotopic (exact) mass is 460 g/mol. The van der Waals surface area contributed by atoms with Gasteiger partial charge >= 0.3 is 0 Å². The summed E-state index contributed by atoms with van der Waals surface area (Å²) in [6.45, 7) is 1.12. The van der Waals surface area contributed by atoms with Crippen molar-refractivity contribution < 1.29 is 18.7 Å². The lowest BCUT2D eigenvalue weighted by Gasteiger charge is -2.20. The fraction of sp³-hybridized carbons (Fsp3) is 0.308. The molecule has 0 saturated heterocycles. The predicted molar refractivity (Wildman–Crippen MR) is 126 cm³/mol. The normalized spacial score (nSPS) is 15.2. The second-order valence-corrected chi connectivity index (χ2v) is 8.90. The molecule has 1 aliphatic heterocycles. The van der Waals surface area contributed by atoms with Crippen LogP contribution in [0.5, 0.6) is 5.75 Å². The molecule has 174 valence electrons. The molecule has 7 nitrogen and oxygen atoms in total. The fourth-order valence-corrected chi connectivity index (χ4v) is 4.59. The lowest BCUT2D eigenvalue weighted by Crippen LogP contribution is -2.28. The number of anilines is 2. The van der Waals surface area contributed by atoms with E-state index < -0.39 is 0 Å². The topological polar surface area (TPSA) is 75.6 Å². The lowest BCUT2D eigenvalue weighted by atomic mass is 9.97. The summed E-state index contributed by atoms with van der Waals surface area (Å²) in [5.41, 5.74) is 3.68. The van der Waals surface area contributed by atoms with Crippen LogP contribution < -0.4 is 9.64 Å². The Balaban J connectivity index is 1.46. The van der Waals surface area contributed by atoms with Gasteiger partial charge in [0.25, 0.3) is 5.91 Å². The van der Waals surface area contributed by atoms with Crippen LogP contribution in [0.4, 0.5) is 16.0 Å². The number of halogens is 1. The summed E-state index contributed by atoms with van der Waals surface area (Å²) in [5.74, 6) is 0.560. The van der Waals surface area contributed by atoms with E-state index >= 15 is 0 Å². The molecule has 1 saturated carbocycles. The smallest absolute Gasteiger partial charge is 0.253 e. The van der Waals surface area contributed by atoms with Crippen LogP contribution in [0.3, 0.4) is 0 Å². The van der Waals surface area contributed by atoms with E-state index in [-0.39, 0.29) is 17.1 Å². The number of hydrogen-bond acceptors (Lipinski definition) is 6. The van der Waals surface area contributed by atoms with E-state index in [0.717, 1.165) is 31.4 Å². The lowest BCUT2D eigenvalue weighted by molar-refractivity contribution is -0.108. The highest BCUT2D eigenvalue weighted by molar-refractivity contribution is 5.96. The Hall–Kier alpha value is -3.81. The second kappa shape index (κ2) is 8.52. The van der Waals surface area contributed by atoms with E-state index in [4.69, 9.17) is 4.74 Å². The molecule has 34 heavy (non-hydrogen) atoms. The van der Waals surface area contributed by atoms with Crippen LogP contribution in [-0.2, 0) is 10.2 Å². The van der Waals surface area contributed by atoms with E-state index in [9.17, 15) is 14.0 Å². The molecule has 1 spiro atoms. The van der Waals surface area contributed by atoms with Crippen LogP contribution in [0.25, 0.3) is 11.1 Å². The molecule has 0 bridgehead atoms. The maximum Gasteiger partial charge on any atom is 0.253 e. The van der Waals surface area contributed by atoms with Crippen molar-refractivity contribution in [2.24, 2.45) is 0 Å². The van der Waals surface area contributed by atoms with Gasteiger partial charge in [-0.25, -0.2) is 14.4 Å². The van der Waals surface area contributed by atoms with Crippen molar-refractivity contribution in [3.63, 3.8) is 0 Å². The number of aldehydes is 1. The van der Waals surface area contributed by atoms with Gasteiger partial charge in [-0.05, 0) is 48.7 Å². The minimum atomic E-state index is -0.373. The Morgan fingerprint density at radius 3 is 2.65 bits per heavy atom. The maximum absolute atomic E-state index is 14.4. The molecular weight excluding hydrogens is 435 g/mol. The Bertz CT molecular complexity index is 1260. The summed E-state index contributed by atoms with van der Waals surface area (Å²) in [5, 5.41) is 0. The van der Waals surface area contributed by atoms with Crippen LogP contribution in [-0.4, -0.2) is 54.3 Å². The molecule has 5 rings (SSSR count). The molecule has 0 atom stereocenters. The number of aromatic nitrogens is 2. The quantitative estimate of drug-likeness (QED) is 0.494. The molecular formula is C26H25FN4O3. The van der Waals surface area contributed by atoms with Gasteiger partial charge < -0.3 is 19.3 Å². The van der Waals surface area contributed by atoms with Gasteiger partial charge in [0, 0.05) is 66.7 Å². The molecule has 0 radical (unpaired) electrons. The highest BCUT2D eigenvalue weighted by atomic mass is 19.1. The standard InChI is InChI=1S/C26H25FN4O3/c1-30(10-3-11-32)24(33)17-4-6-21-23(12-17)31(16-26(21)8-9-26)25-28-14-18(15-29-25)20-13-19(34-2)5-7-22(20)27/h4-7,11-15H,3,8-10,16H2,1-2H3. The predicted octanol–water partition coefficient (Wildman–Crippen LogP) is 4.14. The number of rotatable bonds is 7. The molecule has 1 amide bonds. The Kier molecular flexibility index (Phi) is 5.51. The summed E-state index contributed by atoms with van der Waals surface area (Å²) in [7, 11) is 3.23. The third-order valence-corrected chi connectivity index (χ3v) is 6.71. The summed E-state index contributed by atoms with van der Waals surface area (Å²) < 4.78 is 19.6. The molecule has 0 N–H and O–H groups in total. The zero-order valence-corrected chi connectivity index (χ0v) is 19.1. The van der Waals surface area contributed by atoms with Gasteiger partial charge in [-0.3, -0.25) is 4.79 Å². The van der Waals surface area contributed by atoms with Gasteiger partial charge in [0.05, 0.1) is 7.11 Å². The number of carbonyl (C=O) groups is 2. The first-order chi connectivity index (χ1) is 16.5. The first-order valence-electron chi connectivity index (χ1n) is 11.2.